The van der Waals surface area contributed by atoms with E-state index in [1.807, 2.05) is 18.2 Å². The molecule has 2 atom stereocenters. The third-order valence-electron chi connectivity index (χ3n) is 3.36. The first-order chi connectivity index (χ1) is 8.77. The summed E-state index contributed by atoms with van der Waals surface area (Å²) in [6, 6.07) is 10.7. The summed E-state index contributed by atoms with van der Waals surface area (Å²) < 4.78 is 0. The molecule has 0 saturated heterocycles. The van der Waals surface area contributed by atoms with Gasteiger partial charge in [-0.1, -0.05) is 62.9 Å². The molecule has 2 nitrogen and oxygen atoms in total. The van der Waals surface area contributed by atoms with Gasteiger partial charge in [-0.15, -0.1) is 0 Å². The number of aliphatic hydroxyl groups excluding tert-OH is 1. The van der Waals surface area contributed by atoms with Crippen molar-refractivity contribution >= 4 is 0 Å². The molecule has 0 saturated carbocycles. The number of benzene rings is 1. The van der Waals surface area contributed by atoms with E-state index >= 15 is 0 Å². The van der Waals surface area contributed by atoms with Crippen LogP contribution >= 0.6 is 0 Å². The zero-order valence-corrected chi connectivity index (χ0v) is 11.7. The predicted octanol–water partition coefficient (Wildman–Crippen LogP) is 3.67. The van der Waals surface area contributed by atoms with E-state index in [-0.39, 0.29) is 12.6 Å². The Kier molecular flexibility index (Phi) is 7.70. The maximum Gasteiger partial charge on any atom is 0.0626 e. The number of unbranched alkanes of at least 4 members (excludes halogenated alkanes) is 3. The number of hydrogen-bond acceptors (Lipinski definition) is 2. The fourth-order valence-electron chi connectivity index (χ4n) is 2.24. The second kappa shape index (κ2) is 9.12. The van der Waals surface area contributed by atoms with Gasteiger partial charge in [0.25, 0.3) is 0 Å². The molecule has 2 heteroatoms. The van der Waals surface area contributed by atoms with Crippen LogP contribution in [0.25, 0.3) is 0 Å². The van der Waals surface area contributed by atoms with Gasteiger partial charge in [0.1, 0.15) is 0 Å². The fourth-order valence-corrected chi connectivity index (χ4v) is 2.24. The molecule has 0 aliphatic carbocycles. The fraction of sp³-hybridized carbons (Fsp3) is 0.625. The molecule has 0 radical (unpaired) electrons. The second-order valence-corrected chi connectivity index (χ2v) is 5.06. The maximum absolute atomic E-state index is 9.48. The van der Waals surface area contributed by atoms with Crippen LogP contribution in [0.4, 0.5) is 0 Å². The number of nitrogens with one attached hydrogen (secondary N) is 1. The second-order valence-electron chi connectivity index (χ2n) is 5.06. The van der Waals surface area contributed by atoms with Crippen LogP contribution in [-0.2, 0) is 0 Å². The van der Waals surface area contributed by atoms with Crippen LogP contribution in [0.15, 0.2) is 30.3 Å². The van der Waals surface area contributed by atoms with Crippen molar-refractivity contribution in [1.82, 2.24) is 5.32 Å². The minimum absolute atomic E-state index is 0.0624. The molecule has 18 heavy (non-hydrogen) atoms. The number of rotatable bonds is 9. The van der Waals surface area contributed by atoms with Gasteiger partial charge in [-0.2, -0.15) is 0 Å². The maximum atomic E-state index is 9.48. The zero-order chi connectivity index (χ0) is 13.2. The van der Waals surface area contributed by atoms with Crippen molar-refractivity contribution in [3.8, 4) is 0 Å². The molecule has 2 N–H and O–H groups in total. The Morgan fingerprint density at radius 2 is 1.83 bits per heavy atom. The van der Waals surface area contributed by atoms with Gasteiger partial charge in [0.05, 0.1) is 12.6 Å². The largest absolute Gasteiger partial charge is 0.394 e. The van der Waals surface area contributed by atoms with Gasteiger partial charge < -0.3 is 10.4 Å². The lowest BCUT2D eigenvalue weighted by Crippen LogP contribution is -2.32. The van der Waals surface area contributed by atoms with Crippen LogP contribution < -0.4 is 5.32 Å². The number of aliphatic hydroxyl groups is 1. The van der Waals surface area contributed by atoms with Crippen LogP contribution in [0.3, 0.4) is 0 Å². The van der Waals surface area contributed by atoms with Crippen molar-refractivity contribution in [2.75, 3.05) is 6.61 Å². The summed E-state index contributed by atoms with van der Waals surface area (Å²) in [6.07, 6.45) is 6.38. The molecule has 0 fully saturated rings. The highest BCUT2D eigenvalue weighted by Gasteiger charge is 2.12. The quantitative estimate of drug-likeness (QED) is 0.654. The third-order valence-corrected chi connectivity index (χ3v) is 3.36. The van der Waals surface area contributed by atoms with Crippen LogP contribution in [0, 0.1) is 0 Å². The molecule has 0 aromatic heterocycles. The molecule has 1 unspecified atom stereocenters. The molecule has 0 amide bonds. The van der Waals surface area contributed by atoms with Gasteiger partial charge in [0, 0.05) is 6.04 Å². The lowest BCUT2D eigenvalue weighted by atomic mass is 10.0. The SMILES string of the molecule is CCCCCCC(C)N[C@H](CO)c1ccccc1. The van der Waals surface area contributed by atoms with Gasteiger partial charge in [-0.3, -0.25) is 0 Å². The Morgan fingerprint density at radius 3 is 2.44 bits per heavy atom. The summed E-state index contributed by atoms with van der Waals surface area (Å²) in [5.74, 6) is 0. The predicted molar refractivity (Wildman–Crippen MR) is 77.6 cm³/mol. The molecule has 1 aromatic rings. The summed E-state index contributed by atoms with van der Waals surface area (Å²) >= 11 is 0. The molecule has 0 aliphatic heterocycles. The van der Waals surface area contributed by atoms with E-state index in [1.165, 1.54) is 37.7 Å². The smallest absolute Gasteiger partial charge is 0.0626 e. The van der Waals surface area contributed by atoms with Gasteiger partial charge in [-0.05, 0) is 18.9 Å². The molecule has 1 rings (SSSR count). The van der Waals surface area contributed by atoms with Crippen molar-refractivity contribution < 1.29 is 5.11 Å². The summed E-state index contributed by atoms with van der Waals surface area (Å²) in [5, 5.41) is 13.0. The summed E-state index contributed by atoms with van der Waals surface area (Å²) in [5.41, 5.74) is 1.17. The first-order valence-corrected chi connectivity index (χ1v) is 7.19. The average Bonchev–Trinajstić information content (AvgIpc) is 2.42. The van der Waals surface area contributed by atoms with Crippen molar-refractivity contribution in [1.29, 1.82) is 0 Å². The Hall–Kier alpha value is -0.860. The minimum Gasteiger partial charge on any atom is -0.394 e. The third kappa shape index (κ3) is 5.65. The highest BCUT2D eigenvalue weighted by molar-refractivity contribution is 5.18. The van der Waals surface area contributed by atoms with E-state index in [4.69, 9.17) is 0 Å². The molecule has 0 aliphatic rings. The van der Waals surface area contributed by atoms with E-state index in [2.05, 4.69) is 31.3 Å². The summed E-state index contributed by atoms with van der Waals surface area (Å²) in [6.45, 7) is 4.60. The first-order valence-electron chi connectivity index (χ1n) is 7.19. The monoisotopic (exact) mass is 249 g/mol. The van der Waals surface area contributed by atoms with E-state index in [9.17, 15) is 5.11 Å². The van der Waals surface area contributed by atoms with Crippen molar-refractivity contribution in [3.05, 3.63) is 35.9 Å². The van der Waals surface area contributed by atoms with Crippen LogP contribution in [0.2, 0.25) is 0 Å². The highest BCUT2D eigenvalue weighted by atomic mass is 16.3. The molecular weight excluding hydrogens is 222 g/mol. The van der Waals surface area contributed by atoms with Crippen molar-refractivity contribution in [3.63, 3.8) is 0 Å². The standard InChI is InChI=1S/C16H27NO/c1-3-4-5-7-10-14(2)17-16(13-18)15-11-8-6-9-12-15/h6,8-9,11-12,14,16-18H,3-5,7,10,13H2,1-2H3/t14?,16-/m1/s1. The zero-order valence-electron chi connectivity index (χ0n) is 11.7. The molecule has 0 bridgehead atoms. The number of hydrogen-bond donors (Lipinski definition) is 2. The Morgan fingerprint density at radius 1 is 1.11 bits per heavy atom. The van der Waals surface area contributed by atoms with Gasteiger partial charge in [-0.25, -0.2) is 0 Å². The van der Waals surface area contributed by atoms with Gasteiger partial charge >= 0.3 is 0 Å². The lowest BCUT2D eigenvalue weighted by Gasteiger charge is -2.22. The topological polar surface area (TPSA) is 32.3 Å². The van der Waals surface area contributed by atoms with Gasteiger partial charge in [0.15, 0.2) is 0 Å². The van der Waals surface area contributed by atoms with Gasteiger partial charge in [0.2, 0.25) is 0 Å². The molecule has 1 aromatic carbocycles. The van der Waals surface area contributed by atoms with E-state index in [0.29, 0.717) is 6.04 Å². The lowest BCUT2D eigenvalue weighted by molar-refractivity contribution is 0.232. The van der Waals surface area contributed by atoms with Crippen LogP contribution in [-0.4, -0.2) is 17.8 Å². The van der Waals surface area contributed by atoms with Crippen LogP contribution in [0.5, 0.6) is 0 Å². The Balaban J connectivity index is 2.34. The normalized spacial score (nSPS) is 14.4. The average molecular weight is 249 g/mol. The Labute approximate surface area is 111 Å². The summed E-state index contributed by atoms with van der Waals surface area (Å²) in [4.78, 5) is 0. The molecule has 0 heterocycles. The molecular formula is C16H27NO. The summed E-state index contributed by atoms with van der Waals surface area (Å²) in [7, 11) is 0. The van der Waals surface area contributed by atoms with E-state index in [1.54, 1.807) is 0 Å². The van der Waals surface area contributed by atoms with E-state index in [0.717, 1.165) is 0 Å². The first kappa shape index (κ1) is 15.2. The molecule has 102 valence electrons. The van der Waals surface area contributed by atoms with Crippen molar-refractivity contribution in [2.45, 2.75) is 58.0 Å². The highest BCUT2D eigenvalue weighted by Crippen LogP contribution is 2.14. The Bertz CT molecular complexity index is 299. The molecule has 0 spiro atoms. The van der Waals surface area contributed by atoms with Crippen molar-refractivity contribution in [2.24, 2.45) is 0 Å². The van der Waals surface area contributed by atoms with Crippen LogP contribution in [0.1, 0.15) is 57.6 Å². The van der Waals surface area contributed by atoms with E-state index < -0.39 is 0 Å². The minimum atomic E-state index is 0.0624.